The number of rotatable bonds is 1. The van der Waals surface area contributed by atoms with E-state index in [1.807, 2.05) is 0 Å². The molecular formula is C10H16O. The molecule has 1 aliphatic heterocycles. The molecule has 1 rings (SSSR count). The molecule has 1 aliphatic rings. The van der Waals surface area contributed by atoms with Crippen LogP contribution in [-0.4, -0.2) is 13.2 Å². The lowest BCUT2D eigenvalue weighted by atomic mass is 9.73. The molecule has 1 unspecified atom stereocenters. The zero-order valence-electron chi connectivity index (χ0n) is 7.39. The smallest absolute Gasteiger partial charge is 0.0471 e. The van der Waals surface area contributed by atoms with Gasteiger partial charge in [-0.25, -0.2) is 0 Å². The van der Waals surface area contributed by atoms with E-state index in [4.69, 9.17) is 11.2 Å². The molecule has 1 nitrogen and oxygen atoms in total. The molecule has 1 atom stereocenters. The van der Waals surface area contributed by atoms with Crippen molar-refractivity contribution in [2.45, 2.75) is 26.7 Å². The van der Waals surface area contributed by atoms with Gasteiger partial charge < -0.3 is 4.74 Å². The molecule has 0 amide bonds. The van der Waals surface area contributed by atoms with Gasteiger partial charge in [-0.3, -0.25) is 0 Å². The molecule has 1 heteroatoms. The van der Waals surface area contributed by atoms with Crippen molar-refractivity contribution >= 4 is 0 Å². The van der Waals surface area contributed by atoms with Crippen molar-refractivity contribution in [3.05, 3.63) is 0 Å². The SMILES string of the molecule is C#CC(C)C1(C)CCOCC1. The molecule has 1 fully saturated rings. The summed E-state index contributed by atoms with van der Waals surface area (Å²) in [6.45, 7) is 6.15. The minimum atomic E-state index is 0.326. The van der Waals surface area contributed by atoms with Crippen LogP contribution in [0.2, 0.25) is 0 Å². The van der Waals surface area contributed by atoms with Gasteiger partial charge in [0.05, 0.1) is 0 Å². The van der Waals surface area contributed by atoms with E-state index >= 15 is 0 Å². The number of terminal acetylenes is 1. The summed E-state index contributed by atoms with van der Waals surface area (Å²) in [6.07, 6.45) is 7.62. The minimum Gasteiger partial charge on any atom is -0.381 e. The Labute approximate surface area is 69.1 Å². The standard InChI is InChI=1S/C10H16O/c1-4-9(2)10(3)5-7-11-8-6-10/h1,9H,5-8H2,2-3H3. The third-order valence-corrected chi connectivity index (χ3v) is 2.93. The molecule has 0 saturated carbocycles. The summed E-state index contributed by atoms with van der Waals surface area (Å²) in [7, 11) is 0. The predicted molar refractivity (Wildman–Crippen MR) is 46.2 cm³/mol. The van der Waals surface area contributed by atoms with E-state index in [1.165, 1.54) is 0 Å². The molecule has 0 aliphatic carbocycles. The Morgan fingerprint density at radius 3 is 2.45 bits per heavy atom. The zero-order valence-corrected chi connectivity index (χ0v) is 7.39. The Morgan fingerprint density at radius 1 is 1.45 bits per heavy atom. The van der Waals surface area contributed by atoms with Crippen LogP contribution in [0.25, 0.3) is 0 Å². The van der Waals surface area contributed by atoms with Crippen molar-refractivity contribution in [1.82, 2.24) is 0 Å². The minimum absolute atomic E-state index is 0.326. The van der Waals surface area contributed by atoms with E-state index in [2.05, 4.69) is 19.8 Å². The Bertz CT molecular complexity index is 160. The van der Waals surface area contributed by atoms with E-state index in [0.717, 1.165) is 26.1 Å². The second-order valence-corrected chi connectivity index (χ2v) is 3.65. The molecule has 62 valence electrons. The summed E-state index contributed by atoms with van der Waals surface area (Å²) in [5.74, 6) is 3.20. The maximum absolute atomic E-state index is 5.40. The van der Waals surface area contributed by atoms with E-state index in [1.54, 1.807) is 0 Å². The van der Waals surface area contributed by atoms with E-state index < -0.39 is 0 Å². The first kappa shape index (κ1) is 8.62. The Kier molecular flexibility index (Phi) is 2.57. The normalized spacial score (nSPS) is 25.5. The van der Waals surface area contributed by atoms with E-state index in [0.29, 0.717) is 11.3 Å². The summed E-state index contributed by atoms with van der Waals surface area (Å²) in [5, 5.41) is 0. The first-order valence-corrected chi connectivity index (χ1v) is 4.23. The van der Waals surface area contributed by atoms with Crippen molar-refractivity contribution in [1.29, 1.82) is 0 Å². The maximum atomic E-state index is 5.40. The highest BCUT2D eigenvalue weighted by atomic mass is 16.5. The van der Waals surface area contributed by atoms with Gasteiger partial charge in [-0.05, 0) is 18.3 Å². The molecule has 0 aromatic heterocycles. The quantitative estimate of drug-likeness (QED) is 0.523. The maximum Gasteiger partial charge on any atom is 0.0471 e. The monoisotopic (exact) mass is 152 g/mol. The fourth-order valence-corrected chi connectivity index (χ4v) is 1.47. The third-order valence-electron chi connectivity index (χ3n) is 2.93. The van der Waals surface area contributed by atoms with Crippen LogP contribution < -0.4 is 0 Å². The zero-order chi connectivity index (χ0) is 8.32. The van der Waals surface area contributed by atoms with Crippen molar-refractivity contribution in [2.75, 3.05) is 13.2 Å². The summed E-state index contributed by atoms with van der Waals surface area (Å²) in [5.41, 5.74) is 0.326. The van der Waals surface area contributed by atoms with E-state index in [-0.39, 0.29) is 0 Å². The van der Waals surface area contributed by atoms with Crippen LogP contribution in [-0.2, 0) is 4.74 Å². The Hall–Kier alpha value is -0.480. The van der Waals surface area contributed by atoms with Crippen molar-refractivity contribution < 1.29 is 4.74 Å². The number of hydrogen-bond donors (Lipinski definition) is 0. The lowest BCUT2D eigenvalue weighted by Gasteiger charge is -2.36. The van der Waals surface area contributed by atoms with Crippen LogP contribution in [0.15, 0.2) is 0 Å². The van der Waals surface area contributed by atoms with Crippen LogP contribution in [0.5, 0.6) is 0 Å². The van der Waals surface area contributed by atoms with Crippen molar-refractivity contribution in [2.24, 2.45) is 11.3 Å². The Balaban J connectivity index is 2.57. The molecule has 0 bridgehead atoms. The van der Waals surface area contributed by atoms with Crippen LogP contribution in [0.4, 0.5) is 0 Å². The van der Waals surface area contributed by atoms with Crippen molar-refractivity contribution in [3.63, 3.8) is 0 Å². The summed E-state index contributed by atoms with van der Waals surface area (Å²) in [4.78, 5) is 0. The highest BCUT2D eigenvalue weighted by Crippen LogP contribution is 2.36. The lowest BCUT2D eigenvalue weighted by Crippen LogP contribution is -2.31. The second kappa shape index (κ2) is 3.28. The molecular weight excluding hydrogens is 136 g/mol. The molecule has 0 radical (unpaired) electrons. The van der Waals surface area contributed by atoms with Gasteiger partial charge in [0.2, 0.25) is 0 Å². The van der Waals surface area contributed by atoms with Gasteiger partial charge in [0.25, 0.3) is 0 Å². The second-order valence-electron chi connectivity index (χ2n) is 3.65. The molecule has 0 spiro atoms. The topological polar surface area (TPSA) is 9.23 Å². The first-order chi connectivity index (χ1) is 5.19. The Morgan fingerprint density at radius 2 is 2.00 bits per heavy atom. The summed E-state index contributed by atoms with van der Waals surface area (Å²) < 4.78 is 5.29. The van der Waals surface area contributed by atoms with Gasteiger partial charge in [0.1, 0.15) is 0 Å². The van der Waals surface area contributed by atoms with Crippen molar-refractivity contribution in [3.8, 4) is 12.3 Å². The molecule has 1 heterocycles. The van der Waals surface area contributed by atoms with Crippen LogP contribution in [0.1, 0.15) is 26.7 Å². The predicted octanol–water partition coefficient (Wildman–Crippen LogP) is 2.07. The molecule has 1 saturated heterocycles. The van der Waals surface area contributed by atoms with Gasteiger partial charge >= 0.3 is 0 Å². The molecule has 11 heavy (non-hydrogen) atoms. The average Bonchev–Trinajstić information content (AvgIpc) is 2.04. The van der Waals surface area contributed by atoms with E-state index in [9.17, 15) is 0 Å². The molecule has 0 aromatic carbocycles. The highest BCUT2D eigenvalue weighted by molar-refractivity contribution is 5.00. The molecule has 0 aromatic rings. The van der Waals surface area contributed by atoms with Gasteiger partial charge in [0.15, 0.2) is 0 Å². The fraction of sp³-hybridized carbons (Fsp3) is 0.800. The summed E-state index contributed by atoms with van der Waals surface area (Å²) in [6, 6.07) is 0. The van der Waals surface area contributed by atoms with Gasteiger partial charge in [-0.15, -0.1) is 12.3 Å². The van der Waals surface area contributed by atoms with Gasteiger partial charge in [-0.1, -0.05) is 13.8 Å². The third kappa shape index (κ3) is 1.75. The van der Waals surface area contributed by atoms with Crippen LogP contribution in [0, 0.1) is 23.7 Å². The first-order valence-electron chi connectivity index (χ1n) is 4.23. The molecule has 0 N–H and O–H groups in total. The summed E-state index contributed by atoms with van der Waals surface area (Å²) >= 11 is 0. The number of ether oxygens (including phenoxy) is 1. The average molecular weight is 152 g/mol. The van der Waals surface area contributed by atoms with Crippen LogP contribution >= 0.6 is 0 Å². The van der Waals surface area contributed by atoms with Gasteiger partial charge in [0, 0.05) is 19.1 Å². The lowest BCUT2D eigenvalue weighted by molar-refractivity contribution is 0.00839. The fourth-order valence-electron chi connectivity index (χ4n) is 1.47. The highest BCUT2D eigenvalue weighted by Gasteiger charge is 2.31. The number of hydrogen-bond acceptors (Lipinski definition) is 1. The largest absolute Gasteiger partial charge is 0.381 e. The van der Waals surface area contributed by atoms with Crippen LogP contribution in [0.3, 0.4) is 0 Å². The van der Waals surface area contributed by atoms with Gasteiger partial charge in [-0.2, -0.15) is 0 Å².